The quantitative estimate of drug-likeness (QED) is 0.287. The molecule has 5 nitrogen and oxygen atoms in total. The maximum Gasteiger partial charge on any atom is 0.307 e. The summed E-state index contributed by atoms with van der Waals surface area (Å²) in [5, 5.41) is 20.0. The minimum atomic E-state index is -1.03. The fourth-order valence-corrected chi connectivity index (χ4v) is 8.21. The average molecular weight is 499 g/mol. The van der Waals surface area contributed by atoms with E-state index >= 15 is 0 Å². The number of carboxylic acid groups (broad SMARTS) is 1. The molecule has 0 aromatic carbocycles. The van der Waals surface area contributed by atoms with Crippen LogP contribution in [0.5, 0.6) is 0 Å². The third-order valence-electron chi connectivity index (χ3n) is 10.2. The lowest BCUT2D eigenvalue weighted by atomic mass is 9.50. The van der Waals surface area contributed by atoms with Crippen LogP contribution in [0.4, 0.5) is 0 Å². The van der Waals surface area contributed by atoms with E-state index in [-0.39, 0.29) is 23.7 Å². The van der Waals surface area contributed by atoms with Crippen molar-refractivity contribution in [3.05, 3.63) is 36.0 Å². The second-order valence-electron chi connectivity index (χ2n) is 12.8. The Morgan fingerprint density at radius 2 is 1.83 bits per heavy atom. The Balaban J connectivity index is 1.49. The highest BCUT2D eigenvalue weighted by Crippen LogP contribution is 2.64. The number of allylic oxidation sites excluding steroid dienone is 4. The van der Waals surface area contributed by atoms with Crippen LogP contribution in [0, 0.1) is 46.3 Å². The van der Waals surface area contributed by atoms with E-state index in [0.717, 1.165) is 29.7 Å². The number of carboxylic acids is 1. The second kappa shape index (κ2) is 10.5. The molecule has 2 N–H and O–H groups in total. The number of hydrogen-bond donors (Lipinski definition) is 2. The number of hydrogen-bond acceptors (Lipinski definition) is 4. The first-order valence-electron chi connectivity index (χ1n) is 14.2. The lowest BCUT2D eigenvalue weighted by Gasteiger charge is -2.55. The van der Waals surface area contributed by atoms with E-state index in [4.69, 9.17) is 9.84 Å². The van der Waals surface area contributed by atoms with Crippen LogP contribution in [0.2, 0.25) is 0 Å². The summed E-state index contributed by atoms with van der Waals surface area (Å²) in [5.41, 5.74) is 0.872. The van der Waals surface area contributed by atoms with Crippen molar-refractivity contribution in [1.29, 1.82) is 0 Å². The van der Waals surface area contributed by atoms with E-state index in [1.165, 1.54) is 32.1 Å². The van der Waals surface area contributed by atoms with Gasteiger partial charge in [-0.25, -0.2) is 0 Å². The molecule has 5 heteroatoms. The lowest BCUT2D eigenvalue weighted by molar-refractivity contribution is -0.154. The highest BCUT2D eigenvalue weighted by atomic mass is 16.6. The number of fused-ring (bicyclic) bond motifs is 5. The number of aliphatic hydroxyl groups excluding tert-OH is 1. The number of aliphatic carboxylic acids is 1. The third kappa shape index (κ3) is 4.97. The van der Waals surface area contributed by atoms with Gasteiger partial charge in [-0.05, 0) is 71.8 Å². The molecular weight excluding hydrogens is 452 g/mol. The zero-order chi connectivity index (χ0) is 26.3. The summed E-state index contributed by atoms with van der Waals surface area (Å²) < 4.78 is 5.46. The number of carbonyl (C=O) groups is 2. The Morgan fingerprint density at radius 1 is 1.08 bits per heavy atom. The first kappa shape index (κ1) is 27.2. The molecule has 4 aliphatic rings. The molecule has 0 radical (unpaired) electrons. The van der Waals surface area contributed by atoms with Crippen molar-refractivity contribution in [3.8, 4) is 0 Å². The minimum absolute atomic E-state index is 0.187. The van der Waals surface area contributed by atoms with Crippen LogP contribution in [-0.2, 0) is 14.3 Å². The number of rotatable bonds is 9. The van der Waals surface area contributed by atoms with Crippen molar-refractivity contribution >= 4 is 11.9 Å². The zero-order valence-electron chi connectivity index (χ0n) is 22.8. The molecule has 4 aliphatic carbocycles. The number of ether oxygens (including phenoxy) is 1. The smallest absolute Gasteiger partial charge is 0.307 e. The molecule has 0 aromatic rings. The fourth-order valence-electron chi connectivity index (χ4n) is 8.21. The van der Waals surface area contributed by atoms with Gasteiger partial charge in [-0.1, -0.05) is 78.2 Å². The van der Waals surface area contributed by atoms with E-state index in [9.17, 15) is 14.7 Å². The number of esters is 1. The number of aliphatic hydroxyl groups is 1. The van der Waals surface area contributed by atoms with Crippen molar-refractivity contribution < 1.29 is 24.5 Å². The Morgan fingerprint density at radius 3 is 2.53 bits per heavy atom. The Labute approximate surface area is 217 Å². The van der Waals surface area contributed by atoms with Gasteiger partial charge in [0, 0.05) is 5.41 Å². The molecule has 0 amide bonds. The summed E-state index contributed by atoms with van der Waals surface area (Å²) in [6.45, 7) is 11.8. The van der Waals surface area contributed by atoms with Gasteiger partial charge in [0.15, 0.2) is 0 Å². The molecular formula is C31H46O5. The van der Waals surface area contributed by atoms with Crippen LogP contribution >= 0.6 is 0 Å². The second-order valence-corrected chi connectivity index (χ2v) is 12.8. The molecule has 4 rings (SSSR count). The summed E-state index contributed by atoms with van der Waals surface area (Å²) in [4.78, 5) is 22.9. The monoisotopic (exact) mass is 498 g/mol. The molecule has 0 spiro atoms. The first-order valence-corrected chi connectivity index (χ1v) is 14.2. The van der Waals surface area contributed by atoms with Crippen LogP contribution in [0.15, 0.2) is 36.0 Å². The van der Waals surface area contributed by atoms with Gasteiger partial charge in [0.1, 0.15) is 12.2 Å². The molecule has 1 fully saturated rings. The molecule has 0 heterocycles. The number of carbonyl (C=O) groups excluding carboxylic acids is 1. The molecule has 9 atom stereocenters. The highest BCUT2D eigenvalue weighted by Gasteiger charge is 2.57. The maximum absolute atomic E-state index is 12.1. The van der Waals surface area contributed by atoms with Gasteiger partial charge in [0.2, 0.25) is 0 Å². The summed E-state index contributed by atoms with van der Waals surface area (Å²) >= 11 is 0. The van der Waals surface area contributed by atoms with Gasteiger partial charge in [-0.2, -0.15) is 0 Å². The van der Waals surface area contributed by atoms with Crippen LogP contribution in [0.25, 0.3) is 0 Å². The van der Waals surface area contributed by atoms with E-state index in [1.54, 1.807) is 0 Å². The lowest BCUT2D eigenvalue weighted by Crippen LogP contribution is -2.50. The van der Waals surface area contributed by atoms with Crippen LogP contribution in [0.3, 0.4) is 0 Å². The Hall–Kier alpha value is -1.88. The van der Waals surface area contributed by atoms with Crippen molar-refractivity contribution in [1.82, 2.24) is 0 Å². The zero-order valence-corrected chi connectivity index (χ0v) is 22.8. The van der Waals surface area contributed by atoms with E-state index in [0.29, 0.717) is 17.8 Å². The predicted molar refractivity (Wildman–Crippen MR) is 141 cm³/mol. The minimum Gasteiger partial charge on any atom is -0.481 e. The summed E-state index contributed by atoms with van der Waals surface area (Å²) in [6, 6.07) is 0. The van der Waals surface area contributed by atoms with Gasteiger partial charge < -0.3 is 14.9 Å². The van der Waals surface area contributed by atoms with Crippen LogP contribution in [0.1, 0.15) is 86.0 Å². The maximum atomic E-state index is 12.1. The van der Waals surface area contributed by atoms with Crippen molar-refractivity contribution in [2.45, 2.75) is 98.2 Å². The molecule has 0 aliphatic heterocycles. The standard InChI is InChI=1S/C31H46O5/c1-19(2)7-6-8-20(3)22-11-12-23-21-9-10-25-29(35)26(36-28(34)14-13-27(32)33)16-18-31(25,5)24(21)15-17-30(22,23)4/h10,15-24,26,29,35H,6-9,11-14H2,1-5H3,(H,32,33)/t20-,21+,22-,23+,24+,26+,29-,30-,31-/m1/s1. The Kier molecular flexibility index (Phi) is 7.90. The molecule has 36 heavy (non-hydrogen) atoms. The van der Waals surface area contributed by atoms with E-state index in [1.807, 2.05) is 6.08 Å². The Bertz CT molecular complexity index is 931. The van der Waals surface area contributed by atoms with Crippen molar-refractivity contribution in [2.75, 3.05) is 0 Å². The largest absolute Gasteiger partial charge is 0.481 e. The predicted octanol–water partition coefficient (Wildman–Crippen LogP) is 6.33. The third-order valence-corrected chi connectivity index (χ3v) is 10.2. The molecule has 1 saturated carbocycles. The highest BCUT2D eigenvalue weighted by molar-refractivity contribution is 5.76. The molecule has 0 unspecified atom stereocenters. The van der Waals surface area contributed by atoms with Crippen molar-refractivity contribution in [2.24, 2.45) is 46.3 Å². The fraction of sp³-hybridized carbons (Fsp3) is 0.742. The van der Waals surface area contributed by atoms with Gasteiger partial charge in [-0.15, -0.1) is 0 Å². The first-order chi connectivity index (χ1) is 17.0. The normalized spacial score (nSPS) is 39.7. The SMILES string of the molecule is CC(C)CCC[C@@H](C)[C@H]1CC[C@H]2[C@@H]3CC=C4[C@@H](O)[C@@H](OC(=O)CCC(=O)O)C=C[C@]4(C)[C@H]3C=C[C@]12C. The van der Waals surface area contributed by atoms with Crippen LogP contribution in [-0.4, -0.2) is 34.4 Å². The van der Waals surface area contributed by atoms with Gasteiger partial charge >= 0.3 is 11.9 Å². The van der Waals surface area contributed by atoms with Crippen molar-refractivity contribution in [3.63, 3.8) is 0 Å². The van der Waals surface area contributed by atoms with Crippen LogP contribution < -0.4 is 0 Å². The van der Waals surface area contributed by atoms with Gasteiger partial charge in [-0.3, -0.25) is 9.59 Å². The topological polar surface area (TPSA) is 83.8 Å². The van der Waals surface area contributed by atoms with Gasteiger partial charge in [0.25, 0.3) is 0 Å². The van der Waals surface area contributed by atoms with E-state index in [2.05, 4.69) is 58.9 Å². The van der Waals surface area contributed by atoms with E-state index < -0.39 is 24.1 Å². The summed E-state index contributed by atoms with van der Waals surface area (Å²) in [6.07, 6.45) is 16.5. The molecule has 0 saturated heterocycles. The average Bonchev–Trinajstić information content (AvgIpc) is 3.16. The molecule has 0 aromatic heterocycles. The van der Waals surface area contributed by atoms with Gasteiger partial charge in [0.05, 0.1) is 12.8 Å². The molecule has 0 bridgehead atoms. The summed E-state index contributed by atoms with van der Waals surface area (Å²) in [5.74, 6) is 2.14. The summed E-state index contributed by atoms with van der Waals surface area (Å²) in [7, 11) is 0. The molecule has 200 valence electrons.